The Kier molecular flexibility index (Phi) is 13.7. The van der Waals surface area contributed by atoms with Gasteiger partial charge in [-0.15, -0.1) is 5.16 Å². The summed E-state index contributed by atoms with van der Waals surface area (Å²) in [5, 5.41) is 12.3. The molecular formula is C19H40N2O. The van der Waals surface area contributed by atoms with Crippen LogP contribution in [0.4, 0.5) is 0 Å². The van der Waals surface area contributed by atoms with Gasteiger partial charge < -0.3 is 10.9 Å². The van der Waals surface area contributed by atoms with E-state index in [4.69, 9.17) is 10.9 Å². The average Bonchev–Trinajstić information content (AvgIpc) is 2.54. The van der Waals surface area contributed by atoms with E-state index in [0.717, 1.165) is 25.7 Å². The number of hydrogen-bond donors (Lipinski definition) is 2. The lowest BCUT2D eigenvalue weighted by atomic mass is 9.77. The van der Waals surface area contributed by atoms with Crippen LogP contribution in [0.5, 0.6) is 0 Å². The van der Waals surface area contributed by atoms with Crippen molar-refractivity contribution >= 4 is 6.21 Å². The lowest BCUT2D eigenvalue weighted by Gasteiger charge is -2.28. The highest BCUT2D eigenvalue weighted by Gasteiger charge is 2.25. The number of hydrogen-bond acceptors (Lipinski definition) is 3. The first-order valence-electron chi connectivity index (χ1n) is 9.58. The molecule has 0 aliphatic heterocycles. The summed E-state index contributed by atoms with van der Waals surface area (Å²) in [6.07, 6.45) is 17.7. The summed E-state index contributed by atoms with van der Waals surface area (Å²) in [6.45, 7) is 6.61. The molecule has 2 atom stereocenters. The van der Waals surface area contributed by atoms with Crippen LogP contribution in [0.2, 0.25) is 0 Å². The van der Waals surface area contributed by atoms with Crippen molar-refractivity contribution in [3.05, 3.63) is 0 Å². The Morgan fingerprint density at radius 2 is 1.55 bits per heavy atom. The van der Waals surface area contributed by atoms with Crippen molar-refractivity contribution < 1.29 is 5.21 Å². The summed E-state index contributed by atoms with van der Waals surface area (Å²) in [4.78, 5) is 0. The molecule has 3 N–H and O–H groups in total. The van der Waals surface area contributed by atoms with E-state index in [0.29, 0.717) is 6.04 Å². The third kappa shape index (κ3) is 10.2. The Bertz CT molecular complexity index is 268. The number of oxime groups is 1. The van der Waals surface area contributed by atoms with Crippen molar-refractivity contribution in [3.63, 3.8) is 0 Å². The molecule has 0 aliphatic carbocycles. The van der Waals surface area contributed by atoms with Crippen molar-refractivity contribution in [2.24, 2.45) is 16.3 Å². The highest BCUT2D eigenvalue weighted by Crippen LogP contribution is 2.33. The van der Waals surface area contributed by atoms with Crippen LogP contribution in [0.3, 0.4) is 0 Å². The van der Waals surface area contributed by atoms with Crippen LogP contribution in [-0.2, 0) is 0 Å². The second-order valence-electron chi connectivity index (χ2n) is 6.89. The molecule has 0 saturated carbocycles. The third-order valence-corrected chi connectivity index (χ3v) is 5.09. The summed E-state index contributed by atoms with van der Waals surface area (Å²) in [5.41, 5.74) is 6.06. The van der Waals surface area contributed by atoms with Gasteiger partial charge in [-0.25, -0.2) is 0 Å². The summed E-state index contributed by atoms with van der Waals surface area (Å²) in [6, 6.07) is 0.404. The molecule has 0 rings (SSSR count). The zero-order valence-corrected chi connectivity index (χ0v) is 15.3. The highest BCUT2D eigenvalue weighted by molar-refractivity contribution is 5.64. The van der Waals surface area contributed by atoms with Crippen LogP contribution in [0.25, 0.3) is 0 Å². The number of nitrogens with two attached hydrogens (primary N) is 1. The minimum Gasteiger partial charge on any atom is -0.411 e. The van der Waals surface area contributed by atoms with E-state index in [9.17, 15) is 0 Å². The van der Waals surface area contributed by atoms with Crippen LogP contribution >= 0.6 is 0 Å². The summed E-state index contributed by atoms with van der Waals surface area (Å²) >= 11 is 0. The van der Waals surface area contributed by atoms with Crippen molar-refractivity contribution in [2.75, 3.05) is 0 Å². The fraction of sp³-hybridized carbons (Fsp3) is 0.947. The Morgan fingerprint density at radius 3 is 2.09 bits per heavy atom. The molecule has 0 heterocycles. The van der Waals surface area contributed by atoms with Gasteiger partial charge in [0, 0.05) is 17.7 Å². The standard InChI is InChI=1S/C19H40N2O/c1-4-7-15-19(6-3,17-21-22)16-13-11-9-8-10-12-14-18(20)5-2/h17-18,22H,4-16,20H2,1-3H3. The van der Waals surface area contributed by atoms with Crippen LogP contribution in [0.1, 0.15) is 104 Å². The molecule has 0 bridgehead atoms. The Morgan fingerprint density at radius 1 is 0.955 bits per heavy atom. The zero-order chi connectivity index (χ0) is 16.7. The smallest absolute Gasteiger partial charge is 0.0497 e. The van der Waals surface area contributed by atoms with Crippen molar-refractivity contribution in [2.45, 2.75) is 110 Å². The topological polar surface area (TPSA) is 58.6 Å². The van der Waals surface area contributed by atoms with Gasteiger partial charge in [0.15, 0.2) is 0 Å². The maximum absolute atomic E-state index is 8.96. The molecule has 2 unspecified atom stereocenters. The van der Waals surface area contributed by atoms with Crippen LogP contribution in [-0.4, -0.2) is 17.5 Å². The van der Waals surface area contributed by atoms with E-state index in [-0.39, 0.29) is 5.41 Å². The largest absolute Gasteiger partial charge is 0.411 e. The lowest BCUT2D eigenvalue weighted by molar-refractivity contribution is 0.285. The van der Waals surface area contributed by atoms with Gasteiger partial charge >= 0.3 is 0 Å². The van der Waals surface area contributed by atoms with Crippen molar-refractivity contribution in [1.29, 1.82) is 0 Å². The van der Waals surface area contributed by atoms with E-state index < -0.39 is 0 Å². The van der Waals surface area contributed by atoms with Crippen LogP contribution < -0.4 is 5.73 Å². The maximum Gasteiger partial charge on any atom is 0.0497 e. The molecule has 0 aromatic carbocycles. The summed E-state index contributed by atoms with van der Waals surface area (Å²) in [7, 11) is 0. The van der Waals surface area contributed by atoms with Crippen LogP contribution in [0.15, 0.2) is 5.16 Å². The molecular weight excluding hydrogens is 272 g/mol. The normalized spacial score (nSPS) is 16.0. The molecule has 3 nitrogen and oxygen atoms in total. The van der Waals surface area contributed by atoms with Gasteiger partial charge in [-0.1, -0.05) is 72.1 Å². The summed E-state index contributed by atoms with van der Waals surface area (Å²) < 4.78 is 0. The van der Waals surface area contributed by atoms with Crippen LogP contribution in [0, 0.1) is 5.41 Å². The molecule has 0 radical (unpaired) electrons. The Hall–Kier alpha value is -0.570. The number of nitrogens with zero attached hydrogens (tertiary/aromatic N) is 1. The molecule has 0 fully saturated rings. The maximum atomic E-state index is 8.96. The molecule has 0 aromatic heterocycles. The number of rotatable bonds is 15. The van der Waals surface area contributed by atoms with Gasteiger partial charge in [-0.05, 0) is 32.1 Å². The van der Waals surface area contributed by atoms with E-state index in [1.165, 1.54) is 57.8 Å². The van der Waals surface area contributed by atoms with E-state index in [1.807, 2.05) is 0 Å². The lowest BCUT2D eigenvalue weighted by Crippen LogP contribution is -2.22. The first kappa shape index (κ1) is 21.4. The molecule has 0 aromatic rings. The van der Waals surface area contributed by atoms with Gasteiger partial charge in [0.05, 0.1) is 0 Å². The predicted octanol–water partition coefficient (Wildman–Crippen LogP) is 5.89. The minimum atomic E-state index is 0.124. The average molecular weight is 313 g/mol. The molecule has 0 amide bonds. The fourth-order valence-corrected chi connectivity index (χ4v) is 3.15. The molecule has 3 heteroatoms. The predicted molar refractivity (Wildman–Crippen MR) is 97.7 cm³/mol. The van der Waals surface area contributed by atoms with Gasteiger partial charge in [0.1, 0.15) is 0 Å². The van der Waals surface area contributed by atoms with Gasteiger partial charge in [-0.2, -0.15) is 0 Å². The second-order valence-corrected chi connectivity index (χ2v) is 6.89. The minimum absolute atomic E-state index is 0.124. The Labute approximate surface area is 138 Å². The Balaban J connectivity index is 3.80. The SMILES string of the molecule is CCCCC(C=NO)(CC)CCCCCCCCC(N)CC. The molecule has 22 heavy (non-hydrogen) atoms. The third-order valence-electron chi connectivity index (χ3n) is 5.09. The first-order chi connectivity index (χ1) is 10.6. The first-order valence-corrected chi connectivity index (χ1v) is 9.58. The van der Waals surface area contributed by atoms with E-state index in [2.05, 4.69) is 25.9 Å². The quantitative estimate of drug-likeness (QED) is 0.171. The molecule has 0 saturated heterocycles. The second kappa shape index (κ2) is 14.0. The summed E-state index contributed by atoms with van der Waals surface area (Å²) in [5.74, 6) is 0. The van der Waals surface area contributed by atoms with E-state index in [1.54, 1.807) is 6.21 Å². The highest BCUT2D eigenvalue weighted by atomic mass is 16.4. The monoisotopic (exact) mass is 312 g/mol. The molecule has 0 aliphatic rings. The van der Waals surface area contributed by atoms with Gasteiger partial charge in [0.25, 0.3) is 0 Å². The molecule has 132 valence electrons. The van der Waals surface area contributed by atoms with Crippen molar-refractivity contribution in [1.82, 2.24) is 0 Å². The zero-order valence-electron chi connectivity index (χ0n) is 15.3. The van der Waals surface area contributed by atoms with Gasteiger partial charge in [0.2, 0.25) is 0 Å². The number of unbranched alkanes of at least 4 members (excludes halogenated alkanes) is 6. The van der Waals surface area contributed by atoms with Gasteiger partial charge in [-0.3, -0.25) is 0 Å². The van der Waals surface area contributed by atoms with Crippen molar-refractivity contribution in [3.8, 4) is 0 Å². The molecule has 0 spiro atoms. The van der Waals surface area contributed by atoms with E-state index >= 15 is 0 Å². The fourth-order valence-electron chi connectivity index (χ4n) is 3.15.